The number of nitrogens with zero attached hydrogens (tertiary/aromatic N) is 1. The SMILES string of the molecule is Br.C.COc1cc(CC(=O)Cl)c(Br)cc1C.COc1cc(CC(=O)N2C=CC(=O)C[C@H]2c2ccc(F)cc2)c(Br)cc1C.COc1cc(CC(=O)O)c(Br)cc1C.COc1cc(CC(=O)O)ccc1C.O=C1C=CN[C@H](c2ccc(F)cc2)C1. The molecule has 3 N–H and O–H groups in total. The van der Waals surface area contributed by atoms with Crippen LogP contribution in [-0.4, -0.2) is 78.2 Å². The van der Waals surface area contributed by atoms with Crippen LogP contribution >= 0.6 is 76.4 Å². The lowest BCUT2D eigenvalue weighted by atomic mass is 9.96. The van der Waals surface area contributed by atoms with Crippen molar-refractivity contribution in [2.75, 3.05) is 28.4 Å². The molecule has 0 spiro atoms. The Morgan fingerprint density at radius 2 is 0.988 bits per heavy atom. The summed E-state index contributed by atoms with van der Waals surface area (Å²) in [7, 11) is 6.33. The molecule has 8 rings (SSSR count). The predicted molar refractivity (Wildman–Crippen MR) is 338 cm³/mol. The van der Waals surface area contributed by atoms with Crippen molar-refractivity contribution in [3.05, 3.63) is 208 Å². The summed E-state index contributed by atoms with van der Waals surface area (Å²) in [5.74, 6) is 0.507. The van der Waals surface area contributed by atoms with Crippen LogP contribution in [-0.2, 0) is 54.5 Å². The zero-order valence-corrected chi connectivity index (χ0v) is 53.8. The summed E-state index contributed by atoms with van der Waals surface area (Å²) in [4.78, 5) is 69.3. The lowest BCUT2D eigenvalue weighted by Crippen LogP contribution is -2.35. The van der Waals surface area contributed by atoms with Crippen molar-refractivity contribution >= 4 is 111 Å². The largest absolute Gasteiger partial charge is 0.496 e. The molecule has 0 unspecified atom stereocenters. The van der Waals surface area contributed by atoms with Gasteiger partial charge < -0.3 is 39.4 Å². The highest BCUT2D eigenvalue weighted by atomic mass is 79.9. The number of amides is 1. The number of rotatable bonds is 14. The average Bonchev–Trinajstić information content (AvgIpc) is 3.47. The smallest absolute Gasteiger partial charge is 0.307 e. The van der Waals surface area contributed by atoms with Gasteiger partial charge in [-0.25, -0.2) is 8.78 Å². The zero-order chi connectivity index (χ0) is 60.8. The summed E-state index contributed by atoms with van der Waals surface area (Å²) < 4.78 is 49.1. The van der Waals surface area contributed by atoms with Crippen molar-refractivity contribution in [1.82, 2.24) is 10.2 Å². The molecule has 0 bridgehead atoms. The molecule has 0 aliphatic carbocycles. The highest BCUT2D eigenvalue weighted by Crippen LogP contribution is 2.33. The van der Waals surface area contributed by atoms with Crippen molar-refractivity contribution in [2.24, 2.45) is 0 Å². The maximum Gasteiger partial charge on any atom is 0.307 e. The first-order valence-electron chi connectivity index (χ1n) is 25.1. The summed E-state index contributed by atoms with van der Waals surface area (Å²) in [6, 6.07) is 28.1. The number of carbonyl (C=O) groups excluding carboxylic acids is 4. The van der Waals surface area contributed by atoms with Crippen LogP contribution in [0, 0.1) is 39.3 Å². The molecular weight excluding hydrogens is 1370 g/mol. The molecule has 0 fully saturated rings. The maximum absolute atomic E-state index is 13.2. The molecule has 6 aromatic rings. The molecule has 0 saturated carbocycles. The minimum absolute atomic E-state index is 0. The number of carboxylic acids is 2. The van der Waals surface area contributed by atoms with Gasteiger partial charge in [-0.1, -0.05) is 91.6 Å². The Morgan fingerprint density at radius 3 is 1.42 bits per heavy atom. The number of methoxy groups -OCH3 is 4. The Kier molecular flexibility index (Phi) is 31.6. The van der Waals surface area contributed by atoms with Crippen LogP contribution in [0.4, 0.5) is 8.78 Å². The van der Waals surface area contributed by atoms with E-state index in [0.29, 0.717) is 17.9 Å². The van der Waals surface area contributed by atoms with Crippen LogP contribution in [0.5, 0.6) is 23.0 Å². The standard InChI is InChI=1S/C21H19BrFNO3.C11H10FNO.C10H10BrClO2.C10H11BrO3.C10H12O3.CH4.BrH/c1-13-9-18(22)15(10-20(13)27-2)11-21(26)24-8-7-17(25)12-19(24)14-3-5-16(23)6-4-14;12-9-3-1-8(2-4-9)11-7-10(14)5-6-13-11;2*1-6-3-8(11)7(5-10(12)13)4-9(6)14-2;1-7-3-4-8(6-10(11)12)5-9(7)13-2;;/h3-10,19H,11-12H2,1-2H3;1-6,11,13H,7H2;3-4H,5H2,1-2H3;3-4H,5H2,1-2H3,(H,12,13);3-5H,6H2,1-2H3,(H,11,12);1H4;1H/t19-;11-;;;;;/m00...../s1. The molecule has 2 aliphatic rings. The third-order valence-corrected chi connectivity index (χ3v) is 14.8. The van der Waals surface area contributed by atoms with Crippen LogP contribution in [0.25, 0.3) is 0 Å². The van der Waals surface area contributed by atoms with Crippen molar-refractivity contribution in [3.8, 4) is 23.0 Å². The molecule has 0 radical (unpaired) electrons. The van der Waals surface area contributed by atoms with E-state index in [1.807, 2.05) is 64.1 Å². The lowest BCUT2D eigenvalue weighted by Gasteiger charge is -2.31. The van der Waals surface area contributed by atoms with E-state index in [-0.39, 0.29) is 96.9 Å². The van der Waals surface area contributed by atoms with E-state index in [1.165, 1.54) is 42.6 Å². The summed E-state index contributed by atoms with van der Waals surface area (Å²) in [6.45, 7) is 7.70. The average molecular weight is 1440 g/mol. The summed E-state index contributed by atoms with van der Waals surface area (Å²) >= 11 is 15.5. The quantitative estimate of drug-likeness (QED) is 0.0873. The third-order valence-electron chi connectivity index (χ3n) is 12.5. The number of carboxylic acid groups (broad SMARTS) is 2. The van der Waals surface area contributed by atoms with Crippen molar-refractivity contribution < 1.29 is 66.7 Å². The minimum atomic E-state index is -0.850. The molecule has 2 aliphatic heterocycles. The molecule has 2 heterocycles. The van der Waals surface area contributed by atoms with Crippen LogP contribution in [0.1, 0.15) is 88.0 Å². The molecule has 84 heavy (non-hydrogen) atoms. The van der Waals surface area contributed by atoms with Crippen molar-refractivity contribution in [2.45, 2.75) is 85.7 Å². The normalized spacial score (nSPS) is 13.6. The number of carbonyl (C=O) groups is 6. The predicted octanol–water partition coefficient (Wildman–Crippen LogP) is 14.8. The van der Waals surface area contributed by atoms with Gasteiger partial charge in [0.05, 0.1) is 59.8 Å². The first-order chi connectivity index (χ1) is 38.9. The van der Waals surface area contributed by atoms with Gasteiger partial charge in [-0.05, 0) is 174 Å². The van der Waals surface area contributed by atoms with E-state index in [9.17, 15) is 37.5 Å². The minimum Gasteiger partial charge on any atom is -0.496 e. The van der Waals surface area contributed by atoms with Crippen molar-refractivity contribution in [3.63, 3.8) is 0 Å². The fourth-order valence-corrected chi connectivity index (χ4v) is 10.1. The summed E-state index contributed by atoms with van der Waals surface area (Å²) in [6.07, 6.45) is 7.07. The molecule has 0 aromatic heterocycles. The number of halogens is 7. The number of aryl methyl sites for hydroxylation is 4. The van der Waals surface area contributed by atoms with Gasteiger partial charge in [0.2, 0.25) is 11.1 Å². The highest BCUT2D eigenvalue weighted by molar-refractivity contribution is 9.11. The second-order valence-corrected chi connectivity index (χ2v) is 21.5. The van der Waals surface area contributed by atoms with E-state index >= 15 is 0 Å². The van der Waals surface area contributed by atoms with Gasteiger partial charge in [0.25, 0.3) is 0 Å². The topological polar surface area (TPSA) is 195 Å². The fourth-order valence-electron chi connectivity index (χ4n) is 8.21. The zero-order valence-electron chi connectivity index (χ0n) is 46.6. The van der Waals surface area contributed by atoms with Gasteiger partial charge in [0, 0.05) is 45.1 Å². The Morgan fingerprint density at radius 1 is 0.571 bits per heavy atom. The number of aliphatic carboxylic acids is 2. The van der Waals surface area contributed by atoms with E-state index in [2.05, 4.69) is 53.1 Å². The number of hydrogen-bond donors (Lipinski definition) is 3. The number of hydrogen-bond acceptors (Lipinski definition) is 11. The first kappa shape index (κ1) is 73.4. The molecule has 6 aromatic carbocycles. The lowest BCUT2D eigenvalue weighted by molar-refractivity contribution is -0.137. The van der Waals surface area contributed by atoms with Gasteiger partial charge in [-0.2, -0.15) is 0 Å². The molecule has 14 nitrogen and oxygen atoms in total. The van der Waals surface area contributed by atoms with Crippen molar-refractivity contribution in [1.29, 1.82) is 0 Å². The first-order valence-corrected chi connectivity index (χ1v) is 27.8. The van der Waals surface area contributed by atoms with E-state index in [0.717, 1.165) is 80.6 Å². The van der Waals surface area contributed by atoms with Gasteiger partial charge in [-0.3, -0.25) is 28.8 Å². The van der Waals surface area contributed by atoms with E-state index < -0.39 is 18.0 Å². The highest BCUT2D eigenvalue weighted by Gasteiger charge is 2.29. The third kappa shape index (κ3) is 23.4. The van der Waals surface area contributed by atoms with Crippen LogP contribution in [0.3, 0.4) is 0 Å². The van der Waals surface area contributed by atoms with Gasteiger partial charge in [-0.15, -0.1) is 17.0 Å². The van der Waals surface area contributed by atoms with Crippen LogP contribution in [0.15, 0.2) is 141 Å². The number of allylic oxidation sites excluding steroid dienone is 2. The maximum atomic E-state index is 13.2. The Hall–Kier alpha value is -6.71. The molecular formula is C63H67Br4ClF2N2O12. The number of ether oxygens (including phenoxy) is 4. The Labute approximate surface area is 529 Å². The second-order valence-electron chi connectivity index (χ2n) is 18.5. The Bertz CT molecular complexity index is 3240. The van der Waals surface area contributed by atoms with Crippen LogP contribution in [0.2, 0.25) is 0 Å². The molecule has 1 amide bonds. The van der Waals surface area contributed by atoms with Gasteiger partial charge in [0.1, 0.15) is 34.6 Å². The van der Waals surface area contributed by atoms with Gasteiger partial charge in [0.15, 0.2) is 11.6 Å². The summed E-state index contributed by atoms with van der Waals surface area (Å²) in [5.41, 5.74) is 8.75. The Balaban J connectivity index is 0.000000370. The van der Waals surface area contributed by atoms with Crippen LogP contribution < -0.4 is 24.3 Å². The molecule has 2 atom stereocenters. The molecule has 21 heteroatoms. The van der Waals surface area contributed by atoms with Gasteiger partial charge >= 0.3 is 11.9 Å². The summed E-state index contributed by atoms with van der Waals surface area (Å²) in [5, 5.41) is 19.9. The fraction of sp³-hybridized carbons (Fsp3) is 0.270. The molecule has 0 saturated heterocycles. The second kappa shape index (κ2) is 36.2. The van der Waals surface area contributed by atoms with E-state index in [1.54, 1.807) is 82.0 Å². The van der Waals surface area contributed by atoms with E-state index in [4.69, 9.17) is 40.8 Å². The molecule has 450 valence electrons. The number of nitrogens with one attached hydrogen (secondary N) is 1. The number of ketones is 2. The monoisotopic (exact) mass is 1430 g/mol. The number of benzene rings is 6.